The van der Waals surface area contributed by atoms with E-state index in [-0.39, 0.29) is 11.1 Å². The summed E-state index contributed by atoms with van der Waals surface area (Å²) < 4.78 is 40.6. The molecule has 0 bridgehead atoms. The minimum absolute atomic E-state index is 0.231. The van der Waals surface area contributed by atoms with Crippen molar-refractivity contribution in [1.29, 1.82) is 0 Å². The van der Waals surface area contributed by atoms with Crippen molar-refractivity contribution in [3.63, 3.8) is 0 Å². The number of alkyl halides is 3. The number of phenolic OH excluding ortho intramolecular Hbond substituents is 1. The molecule has 1 aromatic carbocycles. The van der Waals surface area contributed by atoms with Crippen LogP contribution in [0.3, 0.4) is 0 Å². The zero-order valence-electron chi connectivity index (χ0n) is 15.5. The van der Waals surface area contributed by atoms with Gasteiger partial charge in [0, 0.05) is 18.7 Å². The van der Waals surface area contributed by atoms with Crippen LogP contribution in [0.2, 0.25) is 0 Å². The molecule has 1 aliphatic rings. The number of hydrogen-bond donors (Lipinski definition) is 1. The van der Waals surface area contributed by atoms with Crippen molar-refractivity contribution in [2.45, 2.75) is 26.1 Å². The molecule has 1 saturated heterocycles. The first-order valence-corrected chi connectivity index (χ1v) is 9.00. The molecule has 2 aromatic heterocycles. The number of benzene rings is 1. The second-order valence-electron chi connectivity index (χ2n) is 7.42. The Hall–Kier alpha value is -2.68. The van der Waals surface area contributed by atoms with Crippen molar-refractivity contribution in [2.24, 2.45) is 5.92 Å². The van der Waals surface area contributed by atoms with E-state index in [1.165, 1.54) is 13.1 Å². The van der Waals surface area contributed by atoms with Gasteiger partial charge in [0.05, 0.1) is 23.7 Å². The van der Waals surface area contributed by atoms with Crippen LogP contribution in [-0.2, 0) is 12.7 Å². The highest BCUT2D eigenvalue weighted by Crippen LogP contribution is 2.38. The van der Waals surface area contributed by atoms with E-state index in [2.05, 4.69) is 27.0 Å². The molecular weight excluding hydrogens is 371 g/mol. The maximum atomic E-state index is 12.9. The summed E-state index contributed by atoms with van der Waals surface area (Å²) >= 11 is 0. The predicted molar refractivity (Wildman–Crippen MR) is 97.8 cm³/mol. The predicted octanol–water partition coefficient (Wildman–Crippen LogP) is 3.48. The molecule has 0 radical (unpaired) electrons. The summed E-state index contributed by atoms with van der Waals surface area (Å²) in [4.78, 5) is 11.0. The smallest absolute Gasteiger partial charge is 0.416 e. The third kappa shape index (κ3) is 3.54. The number of hydrogen-bond acceptors (Lipinski definition) is 5. The van der Waals surface area contributed by atoms with Gasteiger partial charge in [-0.15, -0.1) is 0 Å². The van der Waals surface area contributed by atoms with Gasteiger partial charge >= 0.3 is 6.18 Å². The molecule has 6 nitrogen and oxygen atoms in total. The molecule has 0 amide bonds. The first kappa shape index (κ1) is 18.7. The molecule has 1 N–H and O–H groups in total. The van der Waals surface area contributed by atoms with Crippen LogP contribution in [-0.4, -0.2) is 49.9 Å². The summed E-state index contributed by atoms with van der Waals surface area (Å²) in [6.07, 6.45) is -0.141. The Balaban J connectivity index is 1.66. The van der Waals surface area contributed by atoms with E-state index in [9.17, 15) is 18.3 Å². The number of aromatic nitrogens is 4. The first-order chi connectivity index (χ1) is 13.2. The summed E-state index contributed by atoms with van der Waals surface area (Å²) in [5, 5.41) is 14.6. The molecule has 0 saturated carbocycles. The molecule has 1 aliphatic heterocycles. The Morgan fingerprint density at radius 3 is 2.71 bits per heavy atom. The number of aryl methyl sites for hydroxylation is 1. The fraction of sp³-hybridized carbons (Fsp3) is 0.421. The molecule has 0 aliphatic carbocycles. The fourth-order valence-electron chi connectivity index (χ4n) is 3.76. The molecular formula is C19H20F3N5O. The maximum Gasteiger partial charge on any atom is 0.416 e. The van der Waals surface area contributed by atoms with E-state index in [0.29, 0.717) is 28.8 Å². The summed E-state index contributed by atoms with van der Waals surface area (Å²) in [6.45, 7) is 4.35. The van der Waals surface area contributed by atoms with Crippen molar-refractivity contribution in [2.75, 3.05) is 20.1 Å². The molecule has 1 atom stereocenters. The molecule has 28 heavy (non-hydrogen) atoms. The largest absolute Gasteiger partial charge is 0.507 e. The van der Waals surface area contributed by atoms with Gasteiger partial charge in [0.1, 0.15) is 11.3 Å². The summed E-state index contributed by atoms with van der Waals surface area (Å²) in [5.41, 5.74) is 0.915. The van der Waals surface area contributed by atoms with E-state index < -0.39 is 17.5 Å². The molecule has 1 unspecified atom stereocenters. The van der Waals surface area contributed by atoms with Gasteiger partial charge in [0.2, 0.25) is 0 Å². The lowest BCUT2D eigenvalue weighted by atomic mass is 10.0. The van der Waals surface area contributed by atoms with Crippen LogP contribution in [0.25, 0.3) is 22.4 Å². The van der Waals surface area contributed by atoms with Crippen LogP contribution in [0, 0.1) is 12.8 Å². The van der Waals surface area contributed by atoms with E-state index in [0.717, 1.165) is 32.1 Å². The molecule has 0 spiro atoms. The van der Waals surface area contributed by atoms with Gasteiger partial charge in [-0.1, -0.05) is 0 Å². The number of phenols is 1. The van der Waals surface area contributed by atoms with Gasteiger partial charge in [-0.25, -0.2) is 9.97 Å². The number of fused-ring (bicyclic) bond motifs is 1. The molecule has 9 heteroatoms. The van der Waals surface area contributed by atoms with E-state index in [4.69, 9.17) is 0 Å². The molecule has 3 heterocycles. The van der Waals surface area contributed by atoms with Gasteiger partial charge in [-0.3, -0.25) is 4.68 Å². The van der Waals surface area contributed by atoms with Gasteiger partial charge < -0.3 is 10.0 Å². The lowest BCUT2D eigenvalue weighted by Gasteiger charge is -2.12. The van der Waals surface area contributed by atoms with Crippen molar-refractivity contribution < 1.29 is 18.3 Å². The quantitative estimate of drug-likeness (QED) is 0.741. The topological polar surface area (TPSA) is 67.1 Å². The highest BCUT2D eigenvalue weighted by molar-refractivity contribution is 5.77. The van der Waals surface area contributed by atoms with Crippen LogP contribution in [0.15, 0.2) is 24.5 Å². The Morgan fingerprint density at radius 1 is 1.29 bits per heavy atom. The van der Waals surface area contributed by atoms with Crippen molar-refractivity contribution in [1.82, 2.24) is 24.6 Å². The second kappa shape index (κ2) is 6.73. The van der Waals surface area contributed by atoms with Crippen LogP contribution < -0.4 is 0 Å². The van der Waals surface area contributed by atoms with Gasteiger partial charge in [-0.05, 0) is 50.6 Å². The number of halogens is 3. The number of aromatic hydroxyl groups is 1. The van der Waals surface area contributed by atoms with Crippen LogP contribution in [0.1, 0.15) is 17.5 Å². The molecule has 1 fully saturated rings. The molecule has 3 aromatic rings. The average molecular weight is 391 g/mol. The summed E-state index contributed by atoms with van der Waals surface area (Å²) in [7, 11) is 2.09. The second-order valence-corrected chi connectivity index (χ2v) is 7.42. The Labute approximate surface area is 159 Å². The standard InChI is InChI=1S/C19H20F3N5O/c1-11-5-13(19(20,21)22)6-16(28)17(11)14-7-23-15-10-27(25-18(15)24-14)9-12-3-4-26(2)8-12/h5-7,10,12,28H,3-4,8-9H2,1-2H3. The Morgan fingerprint density at radius 2 is 2.07 bits per heavy atom. The average Bonchev–Trinajstić information content (AvgIpc) is 3.18. The van der Waals surface area contributed by atoms with E-state index in [1.807, 2.05) is 10.9 Å². The zero-order chi connectivity index (χ0) is 20.1. The van der Waals surface area contributed by atoms with Crippen LogP contribution in [0.4, 0.5) is 13.2 Å². The van der Waals surface area contributed by atoms with E-state index in [1.54, 1.807) is 0 Å². The third-order valence-electron chi connectivity index (χ3n) is 5.11. The number of likely N-dealkylation sites (tertiary alicyclic amines) is 1. The Kier molecular flexibility index (Phi) is 4.49. The van der Waals surface area contributed by atoms with Crippen molar-refractivity contribution in [3.8, 4) is 17.0 Å². The Bertz CT molecular complexity index is 1010. The third-order valence-corrected chi connectivity index (χ3v) is 5.11. The zero-order valence-corrected chi connectivity index (χ0v) is 15.5. The number of rotatable bonds is 3. The monoisotopic (exact) mass is 391 g/mol. The van der Waals surface area contributed by atoms with E-state index >= 15 is 0 Å². The van der Waals surface area contributed by atoms with Crippen molar-refractivity contribution in [3.05, 3.63) is 35.7 Å². The number of nitrogens with zero attached hydrogens (tertiary/aromatic N) is 5. The minimum atomic E-state index is -4.52. The lowest BCUT2D eigenvalue weighted by molar-refractivity contribution is -0.137. The summed E-state index contributed by atoms with van der Waals surface area (Å²) in [6, 6.07) is 1.71. The minimum Gasteiger partial charge on any atom is -0.507 e. The van der Waals surface area contributed by atoms with Crippen molar-refractivity contribution >= 4 is 11.2 Å². The fourth-order valence-corrected chi connectivity index (χ4v) is 3.76. The lowest BCUT2D eigenvalue weighted by Crippen LogP contribution is -2.17. The molecule has 4 rings (SSSR count). The maximum absolute atomic E-state index is 12.9. The summed E-state index contributed by atoms with van der Waals surface area (Å²) in [5.74, 6) is 0.0365. The SMILES string of the molecule is Cc1cc(C(F)(F)F)cc(O)c1-c1cnc2cn(CC3CCN(C)C3)nc2n1. The van der Waals surface area contributed by atoms with Crippen LogP contribution >= 0.6 is 0 Å². The highest BCUT2D eigenvalue weighted by Gasteiger charge is 2.32. The normalized spacial score (nSPS) is 18.2. The van der Waals surface area contributed by atoms with Gasteiger partial charge in [-0.2, -0.15) is 18.3 Å². The highest BCUT2D eigenvalue weighted by atomic mass is 19.4. The van der Waals surface area contributed by atoms with Gasteiger partial charge in [0.15, 0.2) is 5.65 Å². The molecule has 148 valence electrons. The van der Waals surface area contributed by atoms with Gasteiger partial charge in [0.25, 0.3) is 0 Å². The first-order valence-electron chi connectivity index (χ1n) is 9.00. The van der Waals surface area contributed by atoms with Crippen LogP contribution in [0.5, 0.6) is 5.75 Å².